The van der Waals surface area contributed by atoms with E-state index in [1.54, 1.807) is 11.3 Å². The zero-order valence-electron chi connectivity index (χ0n) is 8.81. The van der Waals surface area contributed by atoms with Gasteiger partial charge in [0, 0.05) is 37.3 Å². The Balaban J connectivity index is 2.02. The second-order valence-electron chi connectivity index (χ2n) is 3.75. The van der Waals surface area contributed by atoms with E-state index in [1.165, 1.54) is 11.7 Å². The number of nitrogens with zero attached hydrogens (tertiary/aromatic N) is 3. The summed E-state index contributed by atoms with van der Waals surface area (Å²) in [5.74, 6) is 0. The van der Waals surface area contributed by atoms with E-state index >= 15 is 0 Å². The summed E-state index contributed by atoms with van der Waals surface area (Å²) < 4.78 is 0. The minimum Gasteiger partial charge on any atom is -0.343 e. The molecule has 1 aromatic rings. The van der Waals surface area contributed by atoms with E-state index in [1.807, 2.05) is 11.6 Å². The predicted octanol–water partition coefficient (Wildman–Crippen LogP) is 1.67. The molecule has 0 bridgehead atoms. The third-order valence-corrected chi connectivity index (χ3v) is 3.63. The van der Waals surface area contributed by atoms with Crippen molar-refractivity contribution in [2.45, 2.75) is 19.9 Å². The van der Waals surface area contributed by atoms with E-state index in [2.05, 4.69) is 28.6 Å². The van der Waals surface area contributed by atoms with Gasteiger partial charge in [0.15, 0.2) is 5.13 Å². The minimum atomic E-state index is 0.592. The Bertz CT molecular complexity index is 273. The van der Waals surface area contributed by atoms with Crippen LogP contribution < -0.4 is 4.90 Å². The molecule has 0 radical (unpaired) electrons. The SMILES string of the molecule is CCN1CCN(c2nccs2)C(C)C1. The quantitative estimate of drug-likeness (QED) is 0.742. The monoisotopic (exact) mass is 211 g/mol. The van der Waals surface area contributed by atoms with E-state index in [9.17, 15) is 0 Å². The number of hydrogen-bond acceptors (Lipinski definition) is 4. The molecule has 0 saturated carbocycles. The molecule has 2 rings (SSSR count). The van der Waals surface area contributed by atoms with Gasteiger partial charge in [0.2, 0.25) is 0 Å². The highest BCUT2D eigenvalue weighted by atomic mass is 32.1. The molecule has 1 aromatic heterocycles. The maximum Gasteiger partial charge on any atom is 0.185 e. The normalized spacial score (nSPS) is 24.1. The fourth-order valence-electron chi connectivity index (χ4n) is 1.96. The molecular weight excluding hydrogens is 194 g/mol. The molecule has 0 amide bonds. The molecule has 1 saturated heterocycles. The van der Waals surface area contributed by atoms with Crippen LogP contribution >= 0.6 is 11.3 Å². The number of piperazine rings is 1. The van der Waals surface area contributed by atoms with Crippen LogP contribution in [0.2, 0.25) is 0 Å². The molecule has 0 spiro atoms. The average molecular weight is 211 g/mol. The number of likely N-dealkylation sites (N-methyl/N-ethyl adjacent to an activating group) is 1. The smallest absolute Gasteiger partial charge is 0.185 e. The molecule has 0 aliphatic carbocycles. The van der Waals surface area contributed by atoms with Crippen LogP contribution in [0.25, 0.3) is 0 Å². The maximum atomic E-state index is 4.37. The highest BCUT2D eigenvalue weighted by Gasteiger charge is 2.23. The second kappa shape index (κ2) is 4.28. The summed E-state index contributed by atoms with van der Waals surface area (Å²) in [6.07, 6.45) is 1.89. The van der Waals surface area contributed by atoms with Crippen molar-refractivity contribution < 1.29 is 0 Å². The van der Waals surface area contributed by atoms with Crippen LogP contribution in [0.3, 0.4) is 0 Å². The van der Waals surface area contributed by atoms with Crippen LogP contribution in [-0.4, -0.2) is 42.1 Å². The zero-order chi connectivity index (χ0) is 9.97. The molecule has 4 heteroatoms. The van der Waals surface area contributed by atoms with Gasteiger partial charge >= 0.3 is 0 Å². The van der Waals surface area contributed by atoms with Gasteiger partial charge in [0.25, 0.3) is 0 Å². The molecule has 78 valence electrons. The molecule has 1 aliphatic rings. The lowest BCUT2D eigenvalue weighted by atomic mass is 10.2. The Morgan fingerprint density at radius 2 is 2.43 bits per heavy atom. The topological polar surface area (TPSA) is 19.4 Å². The van der Waals surface area contributed by atoms with E-state index < -0.39 is 0 Å². The van der Waals surface area contributed by atoms with E-state index in [4.69, 9.17) is 0 Å². The predicted molar refractivity (Wildman–Crippen MR) is 61.0 cm³/mol. The van der Waals surface area contributed by atoms with Crippen molar-refractivity contribution in [3.05, 3.63) is 11.6 Å². The molecule has 1 aliphatic heterocycles. The van der Waals surface area contributed by atoms with Gasteiger partial charge in [0.05, 0.1) is 0 Å². The highest BCUT2D eigenvalue weighted by molar-refractivity contribution is 7.13. The first-order valence-corrected chi connectivity index (χ1v) is 6.07. The minimum absolute atomic E-state index is 0.592. The Morgan fingerprint density at radius 1 is 1.57 bits per heavy atom. The largest absolute Gasteiger partial charge is 0.343 e. The summed E-state index contributed by atoms with van der Waals surface area (Å²) in [5.41, 5.74) is 0. The third-order valence-electron chi connectivity index (χ3n) is 2.82. The lowest BCUT2D eigenvalue weighted by Crippen LogP contribution is -2.51. The van der Waals surface area contributed by atoms with Gasteiger partial charge in [-0.1, -0.05) is 6.92 Å². The highest BCUT2D eigenvalue weighted by Crippen LogP contribution is 2.22. The first kappa shape index (κ1) is 9.93. The Labute approximate surface area is 89.4 Å². The summed E-state index contributed by atoms with van der Waals surface area (Å²) in [5, 5.41) is 3.22. The standard InChI is InChI=1S/C10H17N3S/c1-3-12-5-6-13(9(2)8-12)10-11-4-7-14-10/h4,7,9H,3,5-6,8H2,1-2H3. The van der Waals surface area contributed by atoms with Crippen LogP contribution in [0.1, 0.15) is 13.8 Å². The lowest BCUT2D eigenvalue weighted by Gasteiger charge is -2.39. The molecule has 0 N–H and O–H groups in total. The number of anilines is 1. The fourth-order valence-corrected chi connectivity index (χ4v) is 2.73. The van der Waals surface area contributed by atoms with Gasteiger partial charge < -0.3 is 4.90 Å². The van der Waals surface area contributed by atoms with Gasteiger partial charge in [-0.25, -0.2) is 4.98 Å². The number of thiazole rings is 1. The van der Waals surface area contributed by atoms with Crippen molar-refractivity contribution >= 4 is 16.5 Å². The summed E-state index contributed by atoms with van der Waals surface area (Å²) >= 11 is 1.74. The Hall–Kier alpha value is -0.610. The van der Waals surface area contributed by atoms with Crippen molar-refractivity contribution in [3.63, 3.8) is 0 Å². The van der Waals surface area contributed by atoms with Crippen molar-refractivity contribution in [1.82, 2.24) is 9.88 Å². The molecule has 3 nitrogen and oxygen atoms in total. The number of rotatable bonds is 2. The van der Waals surface area contributed by atoms with Gasteiger partial charge in [-0.2, -0.15) is 0 Å². The first-order valence-electron chi connectivity index (χ1n) is 5.19. The molecule has 0 aromatic carbocycles. The van der Waals surface area contributed by atoms with Crippen LogP contribution in [-0.2, 0) is 0 Å². The fraction of sp³-hybridized carbons (Fsp3) is 0.700. The van der Waals surface area contributed by atoms with E-state index in [-0.39, 0.29) is 0 Å². The second-order valence-corrected chi connectivity index (χ2v) is 4.62. The number of hydrogen-bond donors (Lipinski definition) is 0. The van der Waals surface area contributed by atoms with Crippen molar-refractivity contribution in [3.8, 4) is 0 Å². The summed E-state index contributed by atoms with van der Waals surface area (Å²) in [6, 6.07) is 0.592. The zero-order valence-corrected chi connectivity index (χ0v) is 9.63. The van der Waals surface area contributed by atoms with E-state index in [0.717, 1.165) is 19.6 Å². The molecule has 14 heavy (non-hydrogen) atoms. The van der Waals surface area contributed by atoms with Crippen molar-refractivity contribution in [2.75, 3.05) is 31.1 Å². The van der Waals surface area contributed by atoms with Gasteiger partial charge in [-0.05, 0) is 13.5 Å². The average Bonchev–Trinajstić information content (AvgIpc) is 2.70. The first-order chi connectivity index (χ1) is 6.81. The third kappa shape index (κ3) is 1.91. The van der Waals surface area contributed by atoms with Gasteiger partial charge in [-0.15, -0.1) is 11.3 Å². The molecule has 1 atom stereocenters. The van der Waals surface area contributed by atoms with Crippen molar-refractivity contribution in [2.24, 2.45) is 0 Å². The van der Waals surface area contributed by atoms with Crippen LogP contribution in [0.4, 0.5) is 5.13 Å². The molecule has 1 fully saturated rings. The number of aromatic nitrogens is 1. The van der Waals surface area contributed by atoms with Crippen LogP contribution in [0.15, 0.2) is 11.6 Å². The summed E-state index contributed by atoms with van der Waals surface area (Å²) in [6.45, 7) is 9.12. The van der Waals surface area contributed by atoms with Crippen molar-refractivity contribution in [1.29, 1.82) is 0 Å². The maximum absolute atomic E-state index is 4.37. The molecular formula is C10H17N3S. The molecule has 1 unspecified atom stereocenters. The van der Waals surface area contributed by atoms with Gasteiger partial charge in [-0.3, -0.25) is 4.90 Å². The molecule has 2 heterocycles. The lowest BCUT2D eigenvalue weighted by molar-refractivity contribution is 0.240. The Morgan fingerprint density at radius 3 is 3.00 bits per heavy atom. The summed E-state index contributed by atoms with van der Waals surface area (Å²) in [7, 11) is 0. The Kier molecular flexibility index (Phi) is 3.03. The van der Waals surface area contributed by atoms with Gasteiger partial charge in [0.1, 0.15) is 0 Å². The van der Waals surface area contributed by atoms with Crippen LogP contribution in [0.5, 0.6) is 0 Å². The van der Waals surface area contributed by atoms with Crippen LogP contribution in [0, 0.1) is 0 Å². The summed E-state index contributed by atoms with van der Waals surface area (Å²) in [4.78, 5) is 9.28. The van der Waals surface area contributed by atoms with E-state index in [0.29, 0.717) is 6.04 Å².